The molecular formula is C42H54FN9O2S2. The average molecular weight is 800 g/mol. The fraction of sp³-hybridized carbons (Fsp3) is 0.524. The Hall–Kier alpha value is -4.14. The van der Waals surface area contributed by atoms with E-state index in [0.717, 1.165) is 59.7 Å². The van der Waals surface area contributed by atoms with E-state index < -0.39 is 0 Å². The van der Waals surface area contributed by atoms with Crippen molar-refractivity contribution in [1.82, 2.24) is 30.2 Å². The quantitative estimate of drug-likeness (QED) is 0.0810. The largest absolute Gasteiger partial charge is 0.368 e. The summed E-state index contributed by atoms with van der Waals surface area (Å²) in [5.41, 5.74) is 8.76. The summed E-state index contributed by atoms with van der Waals surface area (Å²) in [6.07, 6.45) is 16.1. The Morgan fingerprint density at radius 1 is 0.929 bits per heavy atom. The lowest BCUT2D eigenvalue weighted by molar-refractivity contribution is -0.132. The molecule has 11 nitrogen and oxygen atoms in total. The number of nitrogens with one attached hydrogen (secondary N) is 2. The van der Waals surface area contributed by atoms with Gasteiger partial charge >= 0.3 is 0 Å². The first-order chi connectivity index (χ1) is 27.3. The van der Waals surface area contributed by atoms with E-state index in [2.05, 4.69) is 53.8 Å². The third-order valence-electron chi connectivity index (χ3n) is 11.8. The van der Waals surface area contributed by atoms with Crippen molar-refractivity contribution in [2.24, 2.45) is 11.3 Å². The molecule has 0 radical (unpaired) electrons. The number of nitrogens with zero attached hydrogens (tertiary/aromatic N) is 6. The highest BCUT2D eigenvalue weighted by atomic mass is 32.2. The number of amides is 2. The Balaban J connectivity index is 0.000000536. The topological polar surface area (TPSA) is 142 Å². The second kappa shape index (κ2) is 18.9. The number of aromatic nitrogens is 4. The van der Waals surface area contributed by atoms with Gasteiger partial charge in [0.05, 0.1) is 27.0 Å². The summed E-state index contributed by atoms with van der Waals surface area (Å²) in [4.78, 5) is 45.1. The Kier molecular flexibility index (Phi) is 13.5. The summed E-state index contributed by atoms with van der Waals surface area (Å²) in [6.45, 7) is 8.00. The molecule has 4 N–H and O–H groups in total. The van der Waals surface area contributed by atoms with Gasteiger partial charge in [-0.3, -0.25) is 14.9 Å². The number of hydrogen-bond acceptors (Lipinski definition) is 12. The van der Waals surface area contributed by atoms with Crippen LogP contribution in [0.15, 0.2) is 54.9 Å². The van der Waals surface area contributed by atoms with Crippen LogP contribution in [0.4, 0.5) is 21.8 Å². The van der Waals surface area contributed by atoms with E-state index in [1.807, 2.05) is 30.5 Å². The molecule has 1 aromatic carbocycles. The van der Waals surface area contributed by atoms with Gasteiger partial charge in [0.1, 0.15) is 5.82 Å². The maximum absolute atomic E-state index is 15.9. The van der Waals surface area contributed by atoms with Crippen molar-refractivity contribution < 1.29 is 14.0 Å². The number of anilines is 3. The van der Waals surface area contributed by atoms with Crippen molar-refractivity contribution in [3.8, 4) is 21.8 Å². The van der Waals surface area contributed by atoms with Gasteiger partial charge in [0.2, 0.25) is 17.8 Å². The lowest BCUT2D eigenvalue weighted by Crippen LogP contribution is -2.45. The molecule has 6 heterocycles. The molecule has 8 rings (SSSR count). The number of halogens is 1. The van der Waals surface area contributed by atoms with E-state index in [0.29, 0.717) is 53.2 Å². The summed E-state index contributed by atoms with van der Waals surface area (Å²) < 4.78 is 19.1. The monoisotopic (exact) mass is 799 g/mol. The summed E-state index contributed by atoms with van der Waals surface area (Å²) in [5, 5.41) is 3.28. The van der Waals surface area contributed by atoms with E-state index in [1.165, 1.54) is 70.1 Å². The van der Waals surface area contributed by atoms with Crippen LogP contribution >= 0.6 is 23.3 Å². The molecule has 4 fully saturated rings. The number of carbonyl (C=O) groups is 2. The van der Waals surface area contributed by atoms with Gasteiger partial charge in [0.25, 0.3) is 0 Å². The maximum atomic E-state index is 15.9. The zero-order valence-electron chi connectivity index (χ0n) is 32.4. The van der Waals surface area contributed by atoms with Crippen LogP contribution in [0.2, 0.25) is 0 Å². The molecule has 3 saturated heterocycles. The molecule has 1 aliphatic carbocycles. The molecule has 298 valence electrons. The molecule has 4 aliphatic rings. The maximum Gasteiger partial charge on any atom is 0.226 e. The third kappa shape index (κ3) is 10.0. The van der Waals surface area contributed by atoms with Gasteiger partial charge in [-0.2, -0.15) is 0 Å². The number of rotatable bonds is 10. The molecule has 0 unspecified atom stereocenters. The lowest BCUT2D eigenvalue weighted by atomic mass is 9.65. The zero-order chi connectivity index (χ0) is 38.9. The van der Waals surface area contributed by atoms with E-state index in [-0.39, 0.29) is 23.6 Å². The molecule has 14 heteroatoms. The van der Waals surface area contributed by atoms with Crippen LogP contribution in [-0.2, 0) is 9.59 Å². The van der Waals surface area contributed by atoms with Gasteiger partial charge < -0.3 is 20.3 Å². The fourth-order valence-electron chi connectivity index (χ4n) is 8.52. The molecule has 0 atom stereocenters. The number of nitrogens with two attached hydrogens (primary N) is 1. The minimum Gasteiger partial charge on any atom is -0.368 e. The minimum absolute atomic E-state index is 0.138. The highest BCUT2D eigenvalue weighted by molar-refractivity contribution is 8.00. The van der Waals surface area contributed by atoms with Gasteiger partial charge in [-0.1, -0.05) is 31.0 Å². The predicted molar refractivity (Wildman–Crippen MR) is 225 cm³/mol. The zero-order valence-corrected chi connectivity index (χ0v) is 34.0. The second-order valence-electron chi connectivity index (χ2n) is 15.7. The smallest absolute Gasteiger partial charge is 0.226 e. The number of benzene rings is 1. The number of piperidine rings is 3. The van der Waals surface area contributed by atoms with Gasteiger partial charge in [-0.25, -0.2) is 24.3 Å². The molecule has 1 spiro atoms. The SMILES string of the molecule is CCCSNc1cccc(-c2nc(C3CCC4(CC3)CCN(CC3CCN(c5ccccn5)CC3)CC4)sc2-c2ccnc(N)n2)c1F.O=C1CCCC(=O)N1. The van der Waals surface area contributed by atoms with Crippen molar-refractivity contribution in [2.45, 2.75) is 89.9 Å². The van der Waals surface area contributed by atoms with Crippen LogP contribution in [0.25, 0.3) is 21.8 Å². The molecule has 56 heavy (non-hydrogen) atoms. The van der Waals surface area contributed by atoms with E-state index in [9.17, 15) is 9.59 Å². The molecule has 0 bridgehead atoms. The summed E-state index contributed by atoms with van der Waals surface area (Å²) in [5.74, 6) is 2.83. The number of nitrogen functional groups attached to an aromatic ring is 1. The number of thiazole rings is 1. The Labute approximate surface area is 338 Å². The summed E-state index contributed by atoms with van der Waals surface area (Å²) >= 11 is 3.17. The van der Waals surface area contributed by atoms with Crippen LogP contribution in [0.1, 0.15) is 94.9 Å². The summed E-state index contributed by atoms with van der Waals surface area (Å²) in [7, 11) is 0. The number of likely N-dealkylation sites (tertiary alicyclic amines) is 1. The van der Waals surface area contributed by atoms with E-state index in [1.54, 1.807) is 23.6 Å². The van der Waals surface area contributed by atoms with Crippen molar-refractivity contribution in [3.63, 3.8) is 0 Å². The third-order valence-corrected chi connectivity index (χ3v) is 14.0. The normalized spacial score (nSPS) is 19.4. The number of imide groups is 1. The van der Waals surface area contributed by atoms with Crippen LogP contribution < -0.4 is 20.7 Å². The molecule has 1 saturated carbocycles. The molecule has 4 aromatic rings. The fourth-order valence-corrected chi connectivity index (χ4v) is 10.4. The second-order valence-corrected chi connectivity index (χ2v) is 17.6. The number of pyridine rings is 1. The molecule has 2 amide bonds. The summed E-state index contributed by atoms with van der Waals surface area (Å²) in [6, 6.07) is 13.6. The standard InChI is InChI=1S/C37H47FN8S2.C5H7NO2/c1-2-24-47-44-29-7-5-6-28(32(29)38)33-34(30-11-19-41-36(39)42-30)48-35(43-33)27-9-14-37(15-10-27)16-22-45(23-17-37)25-26-12-20-46(21-13-26)31-8-3-4-18-40-31;7-4-2-1-3-5(8)6-4/h3-8,11,18-19,26-27,44H,2,9-10,12-17,20-25H2,1H3,(H2,39,41,42);1-3H2,(H,6,7,8). The Morgan fingerprint density at radius 3 is 2.36 bits per heavy atom. The molecular weight excluding hydrogens is 746 g/mol. The van der Waals surface area contributed by atoms with E-state index >= 15 is 4.39 Å². The van der Waals surface area contributed by atoms with Gasteiger partial charge in [0.15, 0.2) is 5.82 Å². The first-order valence-electron chi connectivity index (χ1n) is 20.3. The number of hydrogen-bond donors (Lipinski definition) is 3. The van der Waals surface area contributed by atoms with Crippen LogP contribution in [0, 0.1) is 17.2 Å². The highest BCUT2D eigenvalue weighted by Gasteiger charge is 2.40. The van der Waals surface area contributed by atoms with Crippen molar-refractivity contribution >= 4 is 52.6 Å². The minimum atomic E-state index is -0.283. The van der Waals surface area contributed by atoms with Gasteiger partial charge in [-0.15, -0.1) is 11.3 Å². The van der Waals surface area contributed by atoms with Crippen LogP contribution in [0.3, 0.4) is 0 Å². The Morgan fingerprint density at radius 2 is 1.70 bits per heavy atom. The number of carbonyl (C=O) groups excluding carboxylic acids is 2. The first kappa shape index (κ1) is 40.1. The predicted octanol–water partition coefficient (Wildman–Crippen LogP) is 8.32. The van der Waals surface area contributed by atoms with Crippen LogP contribution in [-0.4, -0.2) is 75.1 Å². The van der Waals surface area contributed by atoms with Crippen molar-refractivity contribution in [3.05, 3.63) is 65.7 Å². The van der Waals surface area contributed by atoms with Crippen molar-refractivity contribution in [1.29, 1.82) is 0 Å². The average Bonchev–Trinajstić information content (AvgIpc) is 3.66. The van der Waals surface area contributed by atoms with E-state index in [4.69, 9.17) is 10.7 Å². The first-order valence-corrected chi connectivity index (χ1v) is 22.1. The molecule has 3 aliphatic heterocycles. The Bertz CT molecular complexity index is 1910. The molecule has 3 aromatic heterocycles. The van der Waals surface area contributed by atoms with Gasteiger partial charge in [0, 0.05) is 62.1 Å². The highest BCUT2D eigenvalue weighted by Crippen LogP contribution is 2.51. The lowest BCUT2D eigenvalue weighted by Gasteiger charge is -2.46. The van der Waals surface area contributed by atoms with Gasteiger partial charge in [-0.05, 0) is 119 Å². The van der Waals surface area contributed by atoms with Crippen molar-refractivity contribution in [2.75, 3.05) is 53.8 Å². The van der Waals surface area contributed by atoms with Crippen LogP contribution in [0.5, 0.6) is 0 Å².